The fraction of sp³-hybridized carbons (Fsp3) is 0.833. The van der Waals surface area contributed by atoms with Gasteiger partial charge >= 0.3 is 0 Å². The molecular weight excluding hydrogens is 399 g/mol. The van der Waals surface area contributed by atoms with Crippen LogP contribution in [0.2, 0.25) is 0 Å². The average Bonchev–Trinajstić information content (AvgIpc) is 2.54. The minimum absolute atomic E-state index is 0. The molecule has 0 bridgehead atoms. The molecule has 4 nitrogen and oxygen atoms in total. The molecule has 2 aliphatic rings. The largest absolute Gasteiger partial charge is 0.357 e. The molecule has 0 spiro atoms. The normalized spacial score (nSPS) is 23.0. The summed E-state index contributed by atoms with van der Waals surface area (Å²) in [5, 5.41) is 6.88. The van der Waals surface area contributed by atoms with Gasteiger partial charge < -0.3 is 15.5 Å². The van der Waals surface area contributed by atoms with Gasteiger partial charge in [0, 0.05) is 26.2 Å². The molecular formula is C18H35IN4. The van der Waals surface area contributed by atoms with Crippen molar-refractivity contribution in [1.29, 1.82) is 0 Å². The molecule has 1 aliphatic heterocycles. The predicted octanol–water partition coefficient (Wildman–Crippen LogP) is 3.39. The van der Waals surface area contributed by atoms with Crippen LogP contribution < -0.4 is 10.6 Å². The smallest absolute Gasteiger partial charge is 0.191 e. The molecule has 2 rings (SSSR count). The number of piperidine rings is 1. The van der Waals surface area contributed by atoms with Crippen molar-refractivity contribution in [3.63, 3.8) is 0 Å². The van der Waals surface area contributed by atoms with Gasteiger partial charge in [-0.1, -0.05) is 11.6 Å². The summed E-state index contributed by atoms with van der Waals surface area (Å²) in [4.78, 5) is 7.23. The Morgan fingerprint density at radius 1 is 1.30 bits per heavy atom. The molecule has 0 saturated carbocycles. The Labute approximate surface area is 159 Å². The van der Waals surface area contributed by atoms with E-state index in [0.29, 0.717) is 0 Å². The molecule has 1 fully saturated rings. The lowest BCUT2D eigenvalue weighted by molar-refractivity contribution is 0.214. The molecule has 0 radical (unpaired) electrons. The summed E-state index contributed by atoms with van der Waals surface area (Å²) in [6.45, 7) is 7.45. The quantitative estimate of drug-likeness (QED) is 0.291. The fourth-order valence-corrected chi connectivity index (χ4v) is 3.46. The zero-order valence-electron chi connectivity index (χ0n) is 14.9. The van der Waals surface area contributed by atoms with E-state index < -0.39 is 0 Å². The van der Waals surface area contributed by atoms with Crippen molar-refractivity contribution in [3.05, 3.63) is 11.6 Å². The van der Waals surface area contributed by atoms with Gasteiger partial charge in [0.25, 0.3) is 0 Å². The van der Waals surface area contributed by atoms with Gasteiger partial charge in [0.1, 0.15) is 0 Å². The minimum atomic E-state index is 0. The SMILES string of the molecule is CCNC(=NCC1CCCN(C)C1)NCCC1=CCCCC1.I. The third-order valence-electron chi connectivity index (χ3n) is 4.70. The van der Waals surface area contributed by atoms with E-state index in [1.807, 2.05) is 0 Å². The van der Waals surface area contributed by atoms with Crippen LogP contribution in [0.15, 0.2) is 16.6 Å². The molecule has 0 aromatic rings. The molecule has 5 heteroatoms. The molecule has 134 valence electrons. The first-order valence-corrected chi connectivity index (χ1v) is 9.16. The first kappa shape index (κ1) is 20.7. The van der Waals surface area contributed by atoms with Gasteiger partial charge in [0.15, 0.2) is 5.96 Å². The second kappa shape index (κ2) is 12.1. The van der Waals surface area contributed by atoms with Gasteiger partial charge in [-0.25, -0.2) is 0 Å². The zero-order chi connectivity index (χ0) is 15.6. The van der Waals surface area contributed by atoms with Crippen LogP contribution in [-0.2, 0) is 0 Å². The lowest BCUT2D eigenvalue weighted by Gasteiger charge is -2.28. The van der Waals surface area contributed by atoms with Crippen molar-refractivity contribution in [2.45, 2.75) is 51.9 Å². The second-order valence-corrected chi connectivity index (χ2v) is 6.78. The highest BCUT2D eigenvalue weighted by Crippen LogP contribution is 2.19. The van der Waals surface area contributed by atoms with Crippen LogP contribution in [0, 0.1) is 5.92 Å². The summed E-state index contributed by atoms with van der Waals surface area (Å²) in [5.74, 6) is 1.71. The highest BCUT2D eigenvalue weighted by Gasteiger charge is 2.16. The van der Waals surface area contributed by atoms with Crippen LogP contribution >= 0.6 is 24.0 Å². The number of allylic oxidation sites excluding steroid dienone is 1. The first-order valence-electron chi connectivity index (χ1n) is 9.16. The van der Waals surface area contributed by atoms with Gasteiger partial charge in [-0.05, 0) is 71.4 Å². The van der Waals surface area contributed by atoms with E-state index in [1.54, 1.807) is 5.57 Å². The van der Waals surface area contributed by atoms with E-state index in [4.69, 9.17) is 4.99 Å². The van der Waals surface area contributed by atoms with Crippen LogP contribution in [0.3, 0.4) is 0 Å². The predicted molar refractivity (Wildman–Crippen MR) is 111 cm³/mol. The topological polar surface area (TPSA) is 39.7 Å². The number of hydrogen-bond acceptors (Lipinski definition) is 2. The van der Waals surface area contributed by atoms with Gasteiger partial charge in [-0.2, -0.15) is 0 Å². The van der Waals surface area contributed by atoms with Crippen molar-refractivity contribution >= 4 is 29.9 Å². The van der Waals surface area contributed by atoms with Crippen molar-refractivity contribution in [2.75, 3.05) is 39.8 Å². The number of halogens is 1. The Morgan fingerprint density at radius 2 is 2.17 bits per heavy atom. The third kappa shape index (κ3) is 8.38. The van der Waals surface area contributed by atoms with Gasteiger partial charge in [-0.15, -0.1) is 24.0 Å². The minimum Gasteiger partial charge on any atom is -0.357 e. The van der Waals surface area contributed by atoms with E-state index in [9.17, 15) is 0 Å². The molecule has 2 N–H and O–H groups in total. The van der Waals surface area contributed by atoms with E-state index in [1.165, 1.54) is 51.6 Å². The number of hydrogen-bond donors (Lipinski definition) is 2. The van der Waals surface area contributed by atoms with Crippen LogP contribution in [0.5, 0.6) is 0 Å². The maximum atomic E-state index is 4.80. The number of rotatable bonds is 6. The van der Waals surface area contributed by atoms with Gasteiger partial charge in [0.05, 0.1) is 0 Å². The van der Waals surface area contributed by atoms with Crippen LogP contribution in [0.4, 0.5) is 0 Å². The molecule has 23 heavy (non-hydrogen) atoms. The first-order chi connectivity index (χ1) is 10.8. The molecule has 0 amide bonds. The van der Waals surface area contributed by atoms with Crippen molar-refractivity contribution in [2.24, 2.45) is 10.9 Å². The lowest BCUT2D eigenvalue weighted by atomic mass is 9.97. The fourth-order valence-electron chi connectivity index (χ4n) is 3.46. The highest BCUT2D eigenvalue weighted by atomic mass is 127. The molecule has 1 saturated heterocycles. The van der Waals surface area contributed by atoms with Crippen molar-refractivity contribution in [1.82, 2.24) is 15.5 Å². The lowest BCUT2D eigenvalue weighted by Crippen LogP contribution is -2.39. The van der Waals surface area contributed by atoms with Crippen molar-refractivity contribution < 1.29 is 0 Å². The Kier molecular flexibility index (Phi) is 10.9. The average molecular weight is 434 g/mol. The van der Waals surface area contributed by atoms with E-state index in [2.05, 4.69) is 35.6 Å². The monoisotopic (exact) mass is 434 g/mol. The molecule has 0 aromatic heterocycles. The highest BCUT2D eigenvalue weighted by molar-refractivity contribution is 14.0. The van der Waals surface area contributed by atoms with E-state index in [0.717, 1.165) is 37.9 Å². The van der Waals surface area contributed by atoms with E-state index in [-0.39, 0.29) is 24.0 Å². The van der Waals surface area contributed by atoms with Crippen molar-refractivity contribution in [3.8, 4) is 0 Å². The number of aliphatic imine (C=N–C) groups is 1. The molecule has 1 atom stereocenters. The number of nitrogens with zero attached hydrogens (tertiary/aromatic N) is 2. The molecule has 1 aliphatic carbocycles. The molecule has 1 unspecified atom stereocenters. The third-order valence-corrected chi connectivity index (χ3v) is 4.70. The van der Waals surface area contributed by atoms with Crippen LogP contribution in [-0.4, -0.2) is 50.6 Å². The Balaban J connectivity index is 0.00000264. The van der Waals surface area contributed by atoms with Crippen LogP contribution in [0.1, 0.15) is 51.9 Å². The zero-order valence-corrected chi connectivity index (χ0v) is 17.3. The summed E-state index contributed by atoms with van der Waals surface area (Å²) >= 11 is 0. The summed E-state index contributed by atoms with van der Waals surface area (Å²) in [6.07, 6.45) is 11.5. The summed E-state index contributed by atoms with van der Waals surface area (Å²) in [7, 11) is 2.22. The van der Waals surface area contributed by atoms with Gasteiger partial charge in [0.2, 0.25) is 0 Å². The van der Waals surface area contributed by atoms with Gasteiger partial charge in [-0.3, -0.25) is 4.99 Å². The Hall–Kier alpha value is -0.300. The maximum absolute atomic E-state index is 4.80. The maximum Gasteiger partial charge on any atom is 0.191 e. The second-order valence-electron chi connectivity index (χ2n) is 6.78. The summed E-state index contributed by atoms with van der Waals surface area (Å²) in [5.41, 5.74) is 1.63. The number of nitrogens with one attached hydrogen (secondary N) is 2. The van der Waals surface area contributed by atoms with Crippen LogP contribution in [0.25, 0.3) is 0 Å². The summed E-state index contributed by atoms with van der Waals surface area (Å²) < 4.78 is 0. The standard InChI is InChI=1S/C18H34N4.HI/c1-3-19-18(20-12-11-16-8-5-4-6-9-16)21-14-17-10-7-13-22(2)15-17;/h8,17H,3-7,9-15H2,1-2H3,(H2,19,20,21);1H. The number of likely N-dealkylation sites (tertiary alicyclic amines) is 1. The number of guanidine groups is 1. The Bertz CT molecular complexity index is 381. The van der Waals surface area contributed by atoms with E-state index >= 15 is 0 Å². The molecule has 1 heterocycles. The molecule has 0 aromatic carbocycles. The Morgan fingerprint density at radius 3 is 2.87 bits per heavy atom. The summed E-state index contributed by atoms with van der Waals surface area (Å²) in [6, 6.07) is 0.